The van der Waals surface area contributed by atoms with Gasteiger partial charge in [0.2, 0.25) is 0 Å². The van der Waals surface area contributed by atoms with E-state index in [4.69, 9.17) is 7.85 Å². The maximum absolute atomic E-state index is 9.28. The van der Waals surface area contributed by atoms with Gasteiger partial charge in [0, 0.05) is 11.3 Å². The van der Waals surface area contributed by atoms with Crippen LogP contribution in [0.4, 0.5) is 0 Å². The molecule has 0 aliphatic carbocycles. The maximum Gasteiger partial charge on any atom is 0.114 e. The molecule has 0 unspecified atom stereocenters. The van der Waals surface area contributed by atoms with Gasteiger partial charge in [0.25, 0.3) is 0 Å². The lowest BCUT2D eigenvalue weighted by Crippen LogP contribution is -2.09. The molecule has 4 heteroatoms. The Morgan fingerprint density at radius 1 is 1.29 bits per heavy atom. The minimum atomic E-state index is 0.0195. The van der Waals surface area contributed by atoms with Crippen LogP contribution >= 0.6 is 0 Å². The van der Waals surface area contributed by atoms with E-state index in [-0.39, 0.29) is 6.61 Å². The Bertz CT molecular complexity index is 561. The first-order valence-electron chi connectivity index (χ1n) is 5.57. The van der Waals surface area contributed by atoms with Crippen molar-refractivity contribution in [2.45, 2.75) is 27.4 Å². The van der Waals surface area contributed by atoms with Crippen LogP contribution in [0.2, 0.25) is 0 Å². The highest BCUT2D eigenvalue weighted by atomic mass is 16.3. The van der Waals surface area contributed by atoms with Crippen LogP contribution in [-0.2, 0) is 6.61 Å². The van der Waals surface area contributed by atoms with Gasteiger partial charge in [0.05, 0.1) is 18.0 Å². The van der Waals surface area contributed by atoms with Crippen LogP contribution in [0, 0.1) is 20.8 Å². The summed E-state index contributed by atoms with van der Waals surface area (Å²) in [6, 6.07) is 5.80. The molecule has 0 saturated carbocycles. The number of aliphatic hydroxyl groups is 1. The van der Waals surface area contributed by atoms with Gasteiger partial charge in [-0.15, -0.1) is 0 Å². The van der Waals surface area contributed by atoms with E-state index in [2.05, 4.69) is 5.10 Å². The normalized spacial score (nSPS) is 10.8. The molecule has 0 saturated heterocycles. The third-order valence-electron chi connectivity index (χ3n) is 3.10. The SMILES string of the molecule is [B]c1ccc(-n2nc(C)c(CO)c2C)cc1C. The number of hydrogen-bond donors (Lipinski definition) is 1. The van der Waals surface area contributed by atoms with Gasteiger partial charge >= 0.3 is 0 Å². The van der Waals surface area contributed by atoms with Crippen LogP contribution in [0.3, 0.4) is 0 Å². The van der Waals surface area contributed by atoms with Gasteiger partial charge in [-0.05, 0) is 32.9 Å². The van der Waals surface area contributed by atoms with Crippen LogP contribution in [0.1, 0.15) is 22.5 Å². The van der Waals surface area contributed by atoms with Gasteiger partial charge in [-0.2, -0.15) is 5.10 Å². The summed E-state index contributed by atoms with van der Waals surface area (Å²) >= 11 is 0. The Hall–Kier alpha value is -1.55. The largest absolute Gasteiger partial charge is 0.392 e. The molecular weight excluding hydrogens is 211 g/mol. The molecule has 1 N–H and O–H groups in total. The molecule has 0 aliphatic rings. The summed E-state index contributed by atoms with van der Waals surface area (Å²) in [6.45, 7) is 5.85. The predicted octanol–water partition coefficient (Wildman–Crippen LogP) is 1.08. The van der Waals surface area contributed by atoms with E-state index < -0.39 is 0 Å². The van der Waals surface area contributed by atoms with Crippen molar-refractivity contribution >= 4 is 13.3 Å². The quantitative estimate of drug-likeness (QED) is 0.778. The lowest BCUT2D eigenvalue weighted by Gasteiger charge is -2.08. The Morgan fingerprint density at radius 3 is 2.53 bits per heavy atom. The summed E-state index contributed by atoms with van der Waals surface area (Å²) < 4.78 is 1.84. The second kappa shape index (κ2) is 4.38. The van der Waals surface area contributed by atoms with Crippen LogP contribution in [0.15, 0.2) is 18.2 Å². The number of rotatable bonds is 2. The molecule has 2 rings (SSSR count). The van der Waals surface area contributed by atoms with Crippen molar-refractivity contribution < 1.29 is 5.11 Å². The molecule has 2 aromatic rings. The van der Waals surface area contributed by atoms with Gasteiger partial charge in [-0.3, -0.25) is 0 Å². The molecule has 0 spiro atoms. The van der Waals surface area contributed by atoms with Gasteiger partial charge in [0.15, 0.2) is 0 Å². The van der Waals surface area contributed by atoms with Crippen molar-refractivity contribution in [3.05, 3.63) is 40.7 Å². The average Bonchev–Trinajstić information content (AvgIpc) is 2.58. The molecule has 3 nitrogen and oxygen atoms in total. The van der Waals surface area contributed by atoms with E-state index in [1.165, 1.54) is 0 Å². The number of nitrogens with zero attached hydrogens (tertiary/aromatic N) is 2. The summed E-state index contributed by atoms with van der Waals surface area (Å²) in [5.41, 5.74) is 5.49. The first-order chi connectivity index (χ1) is 8.04. The van der Waals surface area contributed by atoms with Gasteiger partial charge in [-0.1, -0.05) is 17.1 Å². The van der Waals surface area contributed by atoms with E-state index in [0.717, 1.165) is 33.7 Å². The summed E-state index contributed by atoms with van der Waals surface area (Å²) in [4.78, 5) is 0. The van der Waals surface area contributed by atoms with Crippen molar-refractivity contribution in [1.29, 1.82) is 0 Å². The number of hydrogen-bond acceptors (Lipinski definition) is 2. The van der Waals surface area contributed by atoms with Crippen LogP contribution in [-0.4, -0.2) is 22.7 Å². The molecule has 17 heavy (non-hydrogen) atoms. The summed E-state index contributed by atoms with van der Waals surface area (Å²) in [7, 11) is 5.80. The Balaban J connectivity index is 2.57. The second-order valence-electron chi connectivity index (χ2n) is 4.26. The van der Waals surface area contributed by atoms with Crippen molar-refractivity contribution in [2.24, 2.45) is 0 Å². The molecule has 0 bridgehead atoms. The van der Waals surface area contributed by atoms with Gasteiger partial charge in [0.1, 0.15) is 7.85 Å². The van der Waals surface area contributed by atoms with E-state index in [0.29, 0.717) is 0 Å². The standard InChI is InChI=1S/C13H15BN2O/c1-8-6-11(4-5-13(8)14)16-10(3)12(7-17)9(2)15-16/h4-6,17H,7H2,1-3H3. The average molecular weight is 226 g/mol. The number of benzene rings is 1. The highest BCUT2D eigenvalue weighted by Gasteiger charge is 2.11. The molecular formula is C13H15BN2O. The first-order valence-corrected chi connectivity index (χ1v) is 5.57. The highest BCUT2D eigenvalue weighted by Crippen LogP contribution is 2.17. The number of aryl methyl sites for hydroxylation is 2. The smallest absolute Gasteiger partial charge is 0.114 e. The summed E-state index contributed by atoms with van der Waals surface area (Å²) in [5, 5.41) is 13.7. The summed E-state index contributed by atoms with van der Waals surface area (Å²) in [5.74, 6) is 0. The fraction of sp³-hybridized carbons (Fsp3) is 0.308. The molecule has 1 heterocycles. The topological polar surface area (TPSA) is 38.0 Å². The van der Waals surface area contributed by atoms with E-state index in [9.17, 15) is 5.11 Å². The number of aromatic nitrogens is 2. The van der Waals surface area contributed by atoms with E-state index in [1.54, 1.807) is 0 Å². The fourth-order valence-corrected chi connectivity index (χ4v) is 1.95. The fourth-order valence-electron chi connectivity index (χ4n) is 1.95. The minimum absolute atomic E-state index is 0.0195. The molecule has 0 amide bonds. The lowest BCUT2D eigenvalue weighted by molar-refractivity contribution is 0.280. The zero-order valence-corrected chi connectivity index (χ0v) is 10.4. The Labute approximate surface area is 103 Å². The van der Waals surface area contributed by atoms with Crippen LogP contribution in [0.5, 0.6) is 0 Å². The molecule has 2 radical (unpaired) electrons. The maximum atomic E-state index is 9.28. The first kappa shape index (κ1) is 11.9. The third-order valence-corrected chi connectivity index (χ3v) is 3.10. The molecule has 1 aromatic heterocycles. The van der Waals surface area contributed by atoms with Crippen molar-refractivity contribution in [2.75, 3.05) is 0 Å². The monoisotopic (exact) mass is 226 g/mol. The molecule has 0 aliphatic heterocycles. The van der Waals surface area contributed by atoms with Crippen molar-refractivity contribution in [1.82, 2.24) is 9.78 Å². The van der Waals surface area contributed by atoms with E-state index >= 15 is 0 Å². The minimum Gasteiger partial charge on any atom is -0.392 e. The molecule has 86 valence electrons. The number of aliphatic hydroxyl groups excluding tert-OH is 1. The summed E-state index contributed by atoms with van der Waals surface area (Å²) in [6.07, 6.45) is 0. The predicted molar refractivity (Wildman–Crippen MR) is 69.1 cm³/mol. The molecule has 1 aromatic carbocycles. The van der Waals surface area contributed by atoms with Crippen LogP contribution in [0.25, 0.3) is 5.69 Å². The lowest BCUT2D eigenvalue weighted by atomic mass is 9.91. The van der Waals surface area contributed by atoms with Gasteiger partial charge < -0.3 is 5.11 Å². The van der Waals surface area contributed by atoms with Crippen LogP contribution < -0.4 is 5.46 Å². The van der Waals surface area contributed by atoms with Crippen molar-refractivity contribution in [3.63, 3.8) is 0 Å². The zero-order chi connectivity index (χ0) is 12.6. The Kier molecular flexibility index (Phi) is 3.07. The van der Waals surface area contributed by atoms with Gasteiger partial charge in [-0.25, -0.2) is 4.68 Å². The Morgan fingerprint density at radius 2 is 2.00 bits per heavy atom. The van der Waals surface area contributed by atoms with Crippen molar-refractivity contribution in [3.8, 4) is 5.69 Å². The van der Waals surface area contributed by atoms with E-state index in [1.807, 2.05) is 43.7 Å². The third kappa shape index (κ3) is 2.00. The zero-order valence-electron chi connectivity index (χ0n) is 10.4. The highest BCUT2D eigenvalue weighted by molar-refractivity contribution is 6.33. The molecule has 0 fully saturated rings. The second-order valence-corrected chi connectivity index (χ2v) is 4.26. The molecule has 0 atom stereocenters.